The SMILES string of the molecule is CC(N)CCC(=O)NCCc1ccccc1F. The third kappa shape index (κ3) is 5.45. The standard InChI is InChI=1S/C13H19FN2O/c1-10(15)6-7-13(17)16-9-8-11-4-2-3-5-12(11)14/h2-5,10H,6-9,15H2,1H3,(H,16,17). The molecule has 3 N–H and O–H groups in total. The molecule has 0 radical (unpaired) electrons. The Balaban J connectivity index is 2.24. The van der Waals surface area contributed by atoms with Gasteiger partial charge in [-0.2, -0.15) is 0 Å². The molecule has 0 heterocycles. The number of halogens is 1. The van der Waals surface area contributed by atoms with Gasteiger partial charge in [0.25, 0.3) is 0 Å². The zero-order valence-corrected chi connectivity index (χ0v) is 10.1. The number of benzene rings is 1. The number of amides is 1. The second-order valence-electron chi connectivity index (χ2n) is 4.21. The van der Waals surface area contributed by atoms with Crippen molar-refractivity contribution in [2.45, 2.75) is 32.2 Å². The van der Waals surface area contributed by atoms with Crippen molar-refractivity contribution in [1.29, 1.82) is 0 Å². The Kier molecular flexibility index (Phi) is 5.63. The van der Waals surface area contributed by atoms with Crippen molar-refractivity contribution in [3.8, 4) is 0 Å². The maximum Gasteiger partial charge on any atom is 0.220 e. The molecule has 0 fully saturated rings. The van der Waals surface area contributed by atoms with E-state index in [2.05, 4.69) is 5.32 Å². The van der Waals surface area contributed by atoms with E-state index in [1.54, 1.807) is 18.2 Å². The van der Waals surface area contributed by atoms with Crippen LogP contribution in [0.2, 0.25) is 0 Å². The first kappa shape index (κ1) is 13.6. The fraction of sp³-hybridized carbons (Fsp3) is 0.462. The lowest BCUT2D eigenvalue weighted by Crippen LogP contribution is -2.27. The van der Waals surface area contributed by atoms with E-state index in [1.165, 1.54) is 6.07 Å². The second kappa shape index (κ2) is 7.01. The Hall–Kier alpha value is -1.42. The summed E-state index contributed by atoms with van der Waals surface area (Å²) in [5, 5.41) is 2.75. The van der Waals surface area contributed by atoms with Crippen molar-refractivity contribution >= 4 is 5.91 Å². The monoisotopic (exact) mass is 238 g/mol. The topological polar surface area (TPSA) is 55.1 Å². The Morgan fingerprint density at radius 2 is 2.18 bits per heavy atom. The molecular formula is C13H19FN2O. The van der Waals surface area contributed by atoms with Gasteiger partial charge >= 0.3 is 0 Å². The zero-order chi connectivity index (χ0) is 12.7. The predicted molar refractivity (Wildman–Crippen MR) is 66.0 cm³/mol. The maximum absolute atomic E-state index is 13.2. The third-order valence-corrected chi connectivity index (χ3v) is 2.50. The molecule has 3 nitrogen and oxygen atoms in total. The molecule has 1 amide bonds. The van der Waals surface area contributed by atoms with Crippen LogP contribution >= 0.6 is 0 Å². The lowest BCUT2D eigenvalue weighted by atomic mass is 10.1. The molecule has 4 heteroatoms. The van der Waals surface area contributed by atoms with Gasteiger partial charge in [-0.3, -0.25) is 4.79 Å². The number of nitrogens with two attached hydrogens (primary N) is 1. The van der Waals surface area contributed by atoms with E-state index >= 15 is 0 Å². The summed E-state index contributed by atoms with van der Waals surface area (Å²) in [6.07, 6.45) is 1.61. The number of carbonyl (C=O) groups excluding carboxylic acids is 1. The van der Waals surface area contributed by atoms with Gasteiger partial charge in [0.15, 0.2) is 0 Å². The van der Waals surface area contributed by atoms with Crippen LogP contribution in [0.25, 0.3) is 0 Å². The van der Waals surface area contributed by atoms with Crippen LogP contribution in [0.15, 0.2) is 24.3 Å². The maximum atomic E-state index is 13.2. The van der Waals surface area contributed by atoms with Crippen molar-refractivity contribution in [2.24, 2.45) is 5.73 Å². The van der Waals surface area contributed by atoms with Crippen molar-refractivity contribution in [1.82, 2.24) is 5.32 Å². The van der Waals surface area contributed by atoms with E-state index in [1.807, 2.05) is 6.92 Å². The van der Waals surface area contributed by atoms with Crippen molar-refractivity contribution in [2.75, 3.05) is 6.54 Å². The molecule has 0 aliphatic rings. The normalized spacial score (nSPS) is 12.2. The highest BCUT2D eigenvalue weighted by atomic mass is 19.1. The molecule has 0 aliphatic heterocycles. The Bertz CT molecular complexity index is 366. The first-order valence-electron chi connectivity index (χ1n) is 5.85. The second-order valence-corrected chi connectivity index (χ2v) is 4.21. The summed E-state index contributed by atoms with van der Waals surface area (Å²) in [5.74, 6) is -0.254. The lowest BCUT2D eigenvalue weighted by Gasteiger charge is -2.07. The summed E-state index contributed by atoms with van der Waals surface area (Å²) < 4.78 is 13.2. The van der Waals surface area contributed by atoms with Crippen LogP contribution in [0.5, 0.6) is 0 Å². The van der Waals surface area contributed by atoms with E-state index in [0.717, 1.165) is 0 Å². The number of hydrogen-bond donors (Lipinski definition) is 2. The van der Waals surface area contributed by atoms with Gasteiger partial charge in [0.2, 0.25) is 5.91 Å². The molecular weight excluding hydrogens is 219 g/mol. The lowest BCUT2D eigenvalue weighted by molar-refractivity contribution is -0.121. The molecule has 0 aliphatic carbocycles. The molecule has 1 aromatic carbocycles. The molecule has 0 aromatic heterocycles. The van der Waals surface area contributed by atoms with E-state index in [9.17, 15) is 9.18 Å². The van der Waals surface area contributed by atoms with Crippen molar-refractivity contribution in [3.05, 3.63) is 35.6 Å². The molecule has 0 saturated heterocycles. The van der Waals surface area contributed by atoms with Gasteiger partial charge in [0.05, 0.1) is 0 Å². The average Bonchev–Trinajstić information content (AvgIpc) is 2.29. The molecule has 0 saturated carbocycles. The fourth-order valence-electron chi connectivity index (χ4n) is 1.48. The molecule has 17 heavy (non-hydrogen) atoms. The number of rotatable bonds is 6. The predicted octanol–water partition coefficient (Wildman–Crippen LogP) is 1.61. The quantitative estimate of drug-likeness (QED) is 0.791. The summed E-state index contributed by atoms with van der Waals surface area (Å²) in [6.45, 7) is 2.32. The first-order chi connectivity index (χ1) is 8.09. The highest BCUT2D eigenvalue weighted by Crippen LogP contribution is 2.06. The summed E-state index contributed by atoms with van der Waals surface area (Å²) >= 11 is 0. The summed E-state index contributed by atoms with van der Waals surface area (Å²) in [6, 6.07) is 6.62. The van der Waals surface area contributed by atoms with Gasteiger partial charge in [-0.15, -0.1) is 0 Å². The average molecular weight is 238 g/mol. The Morgan fingerprint density at radius 1 is 1.47 bits per heavy atom. The Morgan fingerprint density at radius 3 is 2.82 bits per heavy atom. The van der Waals surface area contributed by atoms with Crippen LogP contribution < -0.4 is 11.1 Å². The van der Waals surface area contributed by atoms with Gasteiger partial charge in [-0.05, 0) is 31.4 Å². The molecule has 0 spiro atoms. The molecule has 0 bridgehead atoms. The smallest absolute Gasteiger partial charge is 0.220 e. The highest BCUT2D eigenvalue weighted by molar-refractivity contribution is 5.75. The summed E-state index contributed by atoms with van der Waals surface area (Å²) in [5.41, 5.74) is 6.18. The zero-order valence-electron chi connectivity index (χ0n) is 10.1. The van der Waals surface area contributed by atoms with Crippen molar-refractivity contribution < 1.29 is 9.18 Å². The molecule has 1 rings (SSSR count). The van der Waals surface area contributed by atoms with E-state index in [4.69, 9.17) is 5.73 Å². The highest BCUT2D eigenvalue weighted by Gasteiger charge is 2.04. The van der Waals surface area contributed by atoms with Crippen LogP contribution in [0.1, 0.15) is 25.3 Å². The molecule has 1 atom stereocenters. The van der Waals surface area contributed by atoms with Gasteiger partial charge < -0.3 is 11.1 Å². The third-order valence-electron chi connectivity index (χ3n) is 2.50. The van der Waals surface area contributed by atoms with Crippen LogP contribution in [0, 0.1) is 5.82 Å². The van der Waals surface area contributed by atoms with Crippen LogP contribution in [-0.2, 0) is 11.2 Å². The van der Waals surface area contributed by atoms with Gasteiger partial charge in [-0.1, -0.05) is 18.2 Å². The number of hydrogen-bond acceptors (Lipinski definition) is 2. The minimum absolute atomic E-state index is 0.0290. The van der Waals surface area contributed by atoms with E-state index in [0.29, 0.717) is 31.4 Å². The molecule has 1 aromatic rings. The van der Waals surface area contributed by atoms with E-state index in [-0.39, 0.29) is 17.8 Å². The van der Waals surface area contributed by atoms with Crippen molar-refractivity contribution in [3.63, 3.8) is 0 Å². The van der Waals surface area contributed by atoms with Gasteiger partial charge in [0, 0.05) is 19.0 Å². The minimum atomic E-state index is -0.225. The van der Waals surface area contributed by atoms with Gasteiger partial charge in [-0.25, -0.2) is 4.39 Å². The number of nitrogens with one attached hydrogen (secondary N) is 1. The van der Waals surface area contributed by atoms with Crippen LogP contribution in [0.4, 0.5) is 4.39 Å². The minimum Gasteiger partial charge on any atom is -0.356 e. The fourth-order valence-corrected chi connectivity index (χ4v) is 1.48. The largest absolute Gasteiger partial charge is 0.356 e. The molecule has 94 valence electrons. The summed E-state index contributed by atoms with van der Waals surface area (Å²) in [7, 11) is 0. The molecule has 1 unspecified atom stereocenters. The first-order valence-corrected chi connectivity index (χ1v) is 5.85. The van der Waals surface area contributed by atoms with E-state index < -0.39 is 0 Å². The van der Waals surface area contributed by atoms with Crippen LogP contribution in [0.3, 0.4) is 0 Å². The Labute approximate surface area is 101 Å². The van der Waals surface area contributed by atoms with Crippen LogP contribution in [-0.4, -0.2) is 18.5 Å². The summed E-state index contributed by atoms with van der Waals surface area (Å²) in [4.78, 5) is 11.4. The number of carbonyl (C=O) groups is 1. The van der Waals surface area contributed by atoms with Gasteiger partial charge in [0.1, 0.15) is 5.82 Å².